The van der Waals surface area contributed by atoms with Crippen LogP contribution in [0.2, 0.25) is 0 Å². The number of rotatable bonds is 7. The van der Waals surface area contributed by atoms with Gasteiger partial charge in [-0.25, -0.2) is 4.39 Å². The van der Waals surface area contributed by atoms with E-state index in [0.29, 0.717) is 25.2 Å². The fourth-order valence-electron chi connectivity index (χ4n) is 2.86. The zero-order valence-electron chi connectivity index (χ0n) is 14.2. The Morgan fingerprint density at radius 2 is 1.60 bits per heavy atom. The zero-order chi connectivity index (χ0) is 17.5. The number of hydrogen-bond donors (Lipinski definition) is 0. The van der Waals surface area contributed by atoms with Crippen molar-refractivity contribution in [3.8, 4) is 5.75 Å². The fraction of sp³-hybridized carbons (Fsp3) is 0.190. The number of para-hydroxylation sites is 1. The predicted molar refractivity (Wildman–Crippen MR) is 96.6 cm³/mol. The molecule has 0 bridgehead atoms. The summed E-state index contributed by atoms with van der Waals surface area (Å²) >= 11 is 0. The van der Waals surface area contributed by atoms with Crippen molar-refractivity contribution in [1.29, 1.82) is 0 Å². The molecule has 0 N–H and O–H groups in total. The van der Waals surface area contributed by atoms with Gasteiger partial charge in [-0.05, 0) is 23.8 Å². The molecule has 128 valence electrons. The Bertz CT molecular complexity index is 808. The molecule has 0 radical (unpaired) electrons. The summed E-state index contributed by atoms with van der Waals surface area (Å²) in [6.07, 6.45) is 3.60. The van der Waals surface area contributed by atoms with E-state index in [1.165, 1.54) is 6.07 Å². The lowest BCUT2D eigenvalue weighted by molar-refractivity contribution is 0.240. The van der Waals surface area contributed by atoms with Gasteiger partial charge in [-0.2, -0.15) is 0 Å². The number of pyridine rings is 1. The van der Waals surface area contributed by atoms with Gasteiger partial charge in [0.25, 0.3) is 0 Å². The molecule has 0 spiro atoms. The van der Waals surface area contributed by atoms with Crippen molar-refractivity contribution >= 4 is 0 Å². The van der Waals surface area contributed by atoms with Gasteiger partial charge in [0.1, 0.15) is 11.6 Å². The van der Waals surface area contributed by atoms with E-state index in [9.17, 15) is 4.39 Å². The quantitative estimate of drug-likeness (QED) is 0.638. The molecule has 0 aliphatic heterocycles. The third-order valence-corrected chi connectivity index (χ3v) is 4.07. The van der Waals surface area contributed by atoms with Crippen molar-refractivity contribution in [3.63, 3.8) is 0 Å². The van der Waals surface area contributed by atoms with E-state index in [4.69, 9.17) is 4.74 Å². The molecule has 0 unspecified atom stereocenters. The second-order valence-corrected chi connectivity index (χ2v) is 5.91. The molecule has 0 aliphatic rings. The molecule has 1 heterocycles. The Morgan fingerprint density at radius 3 is 2.32 bits per heavy atom. The molecule has 0 saturated heterocycles. The summed E-state index contributed by atoms with van der Waals surface area (Å²) in [6.45, 7) is 1.85. The number of benzene rings is 2. The van der Waals surface area contributed by atoms with E-state index >= 15 is 0 Å². The molecule has 0 saturated carbocycles. The molecule has 3 rings (SSSR count). The maximum atomic E-state index is 14.1. The smallest absolute Gasteiger partial charge is 0.127 e. The summed E-state index contributed by atoms with van der Waals surface area (Å²) in [5, 5.41) is 0. The minimum Gasteiger partial charge on any atom is -0.496 e. The average Bonchev–Trinajstić information content (AvgIpc) is 2.65. The number of halogens is 1. The van der Waals surface area contributed by atoms with Crippen LogP contribution in [0, 0.1) is 5.82 Å². The van der Waals surface area contributed by atoms with E-state index in [2.05, 4.69) is 9.88 Å². The normalized spacial score (nSPS) is 10.8. The maximum absolute atomic E-state index is 14.1. The van der Waals surface area contributed by atoms with Crippen LogP contribution < -0.4 is 4.74 Å². The third kappa shape index (κ3) is 4.64. The SMILES string of the molecule is COc1ccccc1CN(Cc1cccnc1)Cc1ccccc1F. The first-order valence-electron chi connectivity index (χ1n) is 8.23. The molecule has 0 amide bonds. The van der Waals surface area contributed by atoms with E-state index in [1.807, 2.05) is 54.7 Å². The average molecular weight is 336 g/mol. The second-order valence-electron chi connectivity index (χ2n) is 5.91. The van der Waals surface area contributed by atoms with E-state index in [1.54, 1.807) is 19.4 Å². The molecule has 2 aromatic carbocycles. The highest BCUT2D eigenvalue weighted by atomic mass is 19.1. The van der Waals surface area contributed by atoms with Gasteiger partial charge in [-0.1, -0.05) is 42.5 Å². The standard InChI is InChI=1S/C21H21FN2O/c1-25-21-11-5-3-9-19(21)16-24(14-17-7-6-12-23-13-17)15-18-8-2-4-10-20(18)22/h2-13H,14-16H2,1H3. The summed E-state index contributed by atoms with van der Waals surface area (Å²) in [6, 6.07) is 18.8. The second kappa shape index (κ2) is 8.40. The first kappa shape index (κ1) is 17.1. The van der Waals surface area contributed by atoms with Gasteiger partial charge < -0.3 is 4.74 Å². The number of methoxy groups -OCH3 is 1. The third-order valence-electron chi connectivity index (χ3n) is 4.07. The lowest BCUT2D eigenvalue weighted by Crippen LogP contribution is -2.23. The van der Waals surface area contributed by atoms with Gasteiger partial charge in [-0.3, -0.25) is 9.88 Å². The van der Waals surface area contributed by atoms with Crippen LogP contribution >= 0.6 is 0 Å². The minimum atomic E-state index is -0.182. The molecule has 0 aliphatic carbocycles. The predicted octanol–water partition coefficient (Wildman–Crippen LogP) is 4.43. The first-order valence-corrected chi connectivity index (χ1v) is 8.23. The highest BCUT2D eigenvalue weighted by molar-refractivity contribution is 5.33. The fourth-order valence-corrected chi connectivity index (χ4v) is 2.86. The number of nitrogens with zero attached hydrogens (tertiary/aromatic N) is 2. The van der Waals surface area contributed by atoms with Crippen molar-refractivity contribution < 1.29 is 9.13 Å². The number of ether oxygens (including phenoxy) is 1. The largest absolute Gasteiger partial charge is 0.496 e. The lowest BCUT2D eigenvalue weighted by Gasteiger charge is -2.24. The molecule has 0 atom stereocenters. The lowest BCUT2D eigenvalue weighted by atomic mass is 10.1. The van der Waals surface area contributed by atoms with Gasteiger partial charge in [0.2, 0.25) is 0 Å². The van der Waals surface area contributed by atoms with Gasteiger partial charge >= 0.3 is 0 Å². The molecular formula is C21H21FN2O. The maximum Gasteiger partial charge on any atom is 0.127 e. The van der Waals surface area contributed by atoms with E-state index < -0.39 is 0 Å². The molecule has 3 nitrogen and oxygen atoms in total. The summed E-state index contributed by atoms with van der Waals surface area (Å²) in [5.41, 5.74) is 2.85. The minimum absolute atomic E-state index is 0.182. The molecule has 0 fully saturated rings. The molecule has 4 heteroatoms. The Kier molecular flexibility index (Phi) is 5.75. The van der Waals surface area contributed by atoms with Crippen molar-refractivity contribution in [3.05, 3.63) is 95.6 Å². The van der Waals surface area contributed by atoms with Crippen molar-refractivity contribution in [2.75, 3.05) is 7.11 Å². The first-order chi connectivity index (χ1) is 12.3. The molecule has 1 aromatic heterocycles. The van der Waals surface area contributed by atoms with Crippen LogP contribution in [0.1, 0.15) is 16.7 Å². The molecule has 25 heavy (non-hydrogen) atoms. The molecule has 3 aromatic rings. The van der Waals surface area contributed by atoms with Crippen LogP contribution in [0.5, 0.6) is 5.75 Å². The molecular weight excluding hydrogens is 315 g/mol. The van der Waals surface area contributed by atoms with Gasteiger partial charge in [-0.15, -0.1) is 0 Å². The highest BCUT2D eigenvalue weighted by Gasteiger charge is 2.13. The number of aromatic nitrogens is 1. The summed E-state index contributed by atoms with van der Waals surface area (Å²) in [5.74, 6) is 0.658. The van der Waals surface area contributed by atoms with Crippen LogP contribution in [-0.2, 0) is 19.6 Å². The summed E-state index contributed by atoms with van der Waals surface area (Å²) < 4.78 is 19.6. The van der Waals surface area contributed by atoms with Crippen molar-refractivity contribution in [2.45, 2.75) is 19.6 Å². The zero-order valence-corrected chi connectivity index (χ0v) is 14.2. The van der Waals surface area contributed by atoms with Crippen LogP contribution in [0.25, 0.3) is 0 Å². The Hall–Kier alpha value is -2.72. The van der Waals surface area contributed by atoms with Gasteiger partial charge in [0.15, 0.2) is 0 Å². The summed E-state index contributed by atoms with van der Waals surface area (Å²) in [7, 11) is 1.67. The Morgan fingerprint density at radius 1 is 0.880 bits per heavy atom. The van der Waals surface area contributed by atoms with Crippen molar-refractivity contribution in [1.82, 2.24) is 9.88 Å². The van der Waals surface area contributed by atoms with Crippen LogP contribution in [0.15, 0.2) is 73.1 Å². The highest BCUT2D eigenvalue weighted by Crippen LogP contribution is 2.22. The van der Waals surface area contributed by atoms with Gasteiger partial charge in [0, 0.05) is 43.2 Å². The van der Waals surface area contributed by atoms with Crippen molar-refractivity contribution in [2.24, 2.45) is 0 Å². The van der Waals surface area contributed by atoms with E-state index in [-0.39, 0.29) is 5.82 Å². The number of hydrogen-bond acceptors (Lipinski definition) is 3. The summed E-state index contributed by atoms with van der Waals surface area (Å²) in [4.78, 5) is 6.37. The monoisotopic (exact) mass is 336 g/mol. The topological polar surface area (TPSA) is 25.4 Å². The van der Waals surface area contributed by atoms with Gasteiger partial charge in [0.05, 0.1) is 7.11 Å². The van der Waals surface area contributed by atoms with Crippen LogP contribution in [0.4, 0.5) is 4.39 Å². The van der Waals surface area contributed by atoms with E-state index in [0.717, 1.165) is 16.9 Å². The van der Waals surface area contributed by atoms with Crippen LogP contribution in [0.3, 0.4) is 0 Å². The Labute approximate surface area is 147 Å². The Balaban J connectivity index is 1.84. The van der Waals surface area contributed by atoms with Crippen LogP contribution in [-0.4, -0.2) is 17.0 Å².